The Labute approximate surface area is 122 Å². The van der Waals surface area contributed by atoms with Gasteiger partial charge >= 0.3 is 0 Å². The summed E-state index contributed by atoms with van der Waals surface area (Å²) in [6, 6.07) is 3.77. The molecule has 0 saturated carbocycles. The standard InChI is InChI=1S/C13H15FN4O2S/c1-8-12(14)5-11(6-13(8)15)21(19,20)17-7-10-3-4-16-9(2)18-10/h3-6,17H,7,15H2,1-2H3. The fourth-order valence-corrected chi connectivity index (χ4v) is 2.73. The molecule has 0 atom stereocenters. The highest BCUT2D eigenvalue weighted by molar-refractivity contribution is 7.89. The molecular formula is C13H15FN4O2S. The predicted octanol–water partition coefficient (Wildman–Crippen LogP) is 1.29. The summed E-state index contributed by atoms with van der Waals surface area (Å²) in [5.41, 5.74) is 6.43. The minimum atomic E-state index is -3.86. The summed E-state index contributed by atoms with van der Waals surface area (Å²) >= 11 is 0. The number of hydrogen-bond donors (Lipinski definition) is 2. The van der Waals surface area contributed by atoms with E-state index in [0.29, 0.717) is 11.5 Å². The van der Waals surface area contributed by atoms with Crippen LogP contribution >= 0.6 is 0 Å². The molecule has 6 nitrogen and oxygen atoms in total. The maximum Gasteiger partial charge on any atom is 0.241 e. The van der Waals surface area contributed by atoms with E-state index in [1.807, 2.05) is 0 Å². The SMILES string of the molecule is Cc1nccc(CNS(=O)(=O)c2cc(N)c(C)c(F)c2)n1. The Morgan fingerprint density at radius 3 is 2.67 bits per heavy atom. The third-order valence-corrected chi connectivity index (χ3v) is 4.33. The van der Waals surface area contributed by atoms with Crippen molar-refractivity contribution in [1.82, 2.24) is 14.7 Å². The van der Waals surface area contributed by atoms with Gasteiger partial charge in [0.15, 0.2) is 0 Å². The Morgan fingerprint density at radius 1 is 1.33 bits per heavy atom. The third-order valence-electron chi connectivity index (χ3n) is 2.95. The Morgan fingerprint density at radius 2 is 2.05 bits per heavy atom. The number of sulfonamides is 1. The molecular weight excluding hydrogens is 295 g/mol. The van der Waals surface area contributed by atoms with Crippen LogP contribution in [0.5, 0.6) is 0 Å². The molecule has 0 radical (unpaired) electrons. The first-order valence-electron chi connectivity index (χ1n) is 6.13. The van der Waals surface area contributed by atoms with Crippen molar-refractivity contribution in [2.24, 2.45) is 0 Å². The van der Waals surface area contributed by atoms with Crippen molar-refractivity contribution in [2.45, 2.75) is 25.3 Å². The summed E-state index contributed by atoms with van der Waals surface area (Å²) in [6.45, 7) is 3.17. The largest absolute Gasteiger partial charge is 0.398 e. The highest BCUT2D eigenvalue weighted by atomic mass is 32.2. The highest BCUT2D eigenvalue weighted by Gasteiger charge is 2.17. The fraction of sp³-hybridized carbons (Fsp3) is 0.231. The Hall–Kier alpha value is -2.06. The van der Waals surface area contributed by atoms with E-state index in [1.54, 1.807) is 13.0 Å². The average molecular weight is 310 g/mol. The summed E-state index contributed by atoms with van der Waals surface area (Å²) in [5, 5.41) is 0. The zero-order valence-electron chi connectivity index (χ0n) is 11.6. The van der Waals surface area contributed by atoms with E-state index in [0.717, 1.165) is 6.07 Å². The van der Waals surface area contributed by atoms with Crippen LogP contribution in [0.1, 0.15) is 17.1 Å². The molecule has 0 saturated heterocycles. The first kappa shape index (κ1) is 15.3. The lowest BCUT2D eigenvalue weighted by Gasteiger charge is -2.09. The lowest BCUT2D eigenvalue weighted by atomic mass is 10.2. The van der Waals surface area contributed by atoms with Crippen molar-refractivity contribution < 1.29 is 12.8 Å². The number of hydrogen-bond acceptors (Lipinski definition) is 5. The summed E-state index contributed by atoms with van der Waals surface area (Å²) in [6.07, 6.45) is 1.54. The molecule has 21 heavy (non-hydrogen) atoms. The van der Waals surface area contributed by atoms with Crippen LogP contribution in [-0.4, -0.2) is 18.4 Å². The van der Waals surface area contributed by atoms with Gasteiger partial charge < -0.3 is 5.73 Å². The Bertz CT molecular complexity index is 754. The summed E-state index contributed by atoms with van der Waals surface area (Å²) < 4.78 is 40.2. The average Bonchev–Trinajstić information content (AvgIpc) is 2.42. The molecule has 0 aliphatic heterocycles. The van der Waals surface area contributed by atoms with Crippen LogP contribution in [0.4, 0.5) is 10.1 Å². The zero-order chi connectivity index (χ0) is 15.6. The molecule has 0 unspecified atom stereocenters. The number of nitrogens with one attached hydrogen (secondary N) is 1. The maximum atomic E-state index is 13.6. The maximum absolute atomic E-state index is 13.6. The number of nitrogens with zero attached hydrogens (tertiary/aromatic N) is 2. The van der Waals surface area contributed by atoms with E-state index < -0.39 is 15.8 Å². The molecule has 0 aliphatic rings. The van der Waals surface area contributed by atoms with Gasteiger partial charge in [-0.25, -0.2) is 27.5 Å². The van der Waals surface area contributed by atoms with Gasteiger partial charge in [-0.15, -0.1) is 0 Å². The molecule has 112 valence electrons. The van der Waals surface area contributed by atoms with Crippen molar-refractivity contribution in [3.05, 3.63) is 47.3 Å². The minimum absolute atomic E-state index is 0.0128. The van der Waals surface area contributed by atoms with Crippen molar-refractivity contribution in [1.29, 1.82) is 0 Å². The third kappa shape index (κ3) is 3.53. The molecule has 0 amide bonds. The van der Waals surface area contributed by atoms with Gasteiger partial charge in [0.25, 0.3) is 0 Å². The van der Waals surface area contributed by atoms with Crippen LogP contribution in [0, 0.1) is 19.7 Å². The molecule has 3 N–H and O–H groups in total. The van der Waals surface area contributed by atoms with Crippen LogP contribution in [-0.2, 0) is 16.6 Å². The lowest BCUT2D eigenvalue weighted by molar-refractivity contribution is 0.575. The first-order chi connectivity index (χ1) is 9.79. The van der Waals surface area contributed by atoms with Crippen molar-refractivity contribution in [2.75, 3.05) is 5.73 Å². The van der Waals surface area contributed by atoms with Gasteiger partial charge in [-0.1, -0.05) is 0 Å². The molecule has 0 fully saturated rings. The second-order valence-corrected chi connectivity index (χ2v) is 6.31. The number of aryl methyl sites for hydroxylation is 1. The Kier molecular flexibility index (Phi) is 4.19. The molecule has 0 bridgehead atoms. The molecule has 1 aromatic carbocycles. The van der Waals surface area contributed by atoms with Crippen LogP contribution in [0.3, 0.4) is 0 Å². The molecule has 0 spiro atoms. The van der Waals surface area contributed by atoms with E-state index in [2.05, 4.69) is 14.7 Å². The van der Waals surface area contributed by atoms with E-state index in [-0.39, 0.29) is 22.7 Å². The number of rotatable bonds is 4. The summed E-state index contributed by atoms with van der Waals surface area (Å²) in [5.74, 6) is -0.120. The zero-order valence-corrected chi connectivity index (χ0v) is 12.4. The number of nitrogens with two attached hydrogens (primary N) is 1. The van der Waals surface area contributed by atoms with Gasteiger partial charge in [-0.05, 0) is 32.0 Å². The van der Waals surface area contributed by atoms with Crippen LogP contribution in [0.25, 0.3) is 0 Å². The topological polar surface area (TPSA) is 98.0 Å². The quantitative estimate of drug-likeness (QED) is 0.829. The Balaban J connectivity index is 2.23. The predicted molar refractivity (Wildman–Crippen MR) is 76.3 cm³/mol. The molecule has 8 heteroatoms. The number of anilines is 1. The second kappa shape index (κ2) is 5.74. The molecule has 1 heterocycles. The second-order valence-electron chi connectivity index (χ2n) is 4.54. The summed E-state index contributed by atoms with van der Waals surface area (Å²) in [7, 11) is -3.86. The number of halogens is 1. The molecule has 1 aromatic heterocycles. The van der Waals surface area contributed by atoms with E-state index in [9.17, 15) is 12.8 Å². The first-order valence-corrected chi connectivity index (χ1v) is 7.62. The molecule has 2 aromatic rings. The van der Waals surface area contributed by atoms with Gasteiger partial charge in [0, 0.05) is 17.4 Å². The van der Waals surface area contributed by atoms with E-state index in [4.69, 9.17) is 5.73 Å². The van der Waals surface area contributed by atoms with Crippen LogP contribution in [0.2, 0.25) is 0 Å². The monoisotopic (exact) mass is 310 g/mol. The number of aromatic nitrogens is 2. The van der Waals surface area contributed by atoms with Crippen LogP contribution in [0.15, 0.2) is 29.3 Å². The smallest absolute Gasteiger partial charge is 0.241 e. The van der Waals surface area contributed by atoms with Crippen molar-refractivity contribution in [3.8, 4) is 0 Å². The van der Waals surface area contributed by atoms with E-state index in [1.165, 1.54) is 19.2 Å². The van der Waals surface area contributed by atoms with Gasteiger partial charge in [-0.3, -0.25) is 0 Å². The van der Waals surface area contributed by atoms with Gasteiger partial charge in [-0.2, -0.15) is 0 Å². The van der Waals surface area contributed by atoms with Crippen molar-refractivity contribution >= 4 is 15.7 Å². The summed E-state index contributed by atoms with van der Waals surface area (Å²) in [4.78, 5) is 7.79. The molecule has 2 rings (SSSR count). The van der Waals surface area contributed by atoms with Gasteiger partial charge in [0.05, 0.1) is 17.1 Å². The minimum Gasteiger partial charge on any atom is -0.398 e. The molecule has 0 aliphatic carbocycles. The fourth-order valence-electron chi connectivity index (χ4n) is 1.69. The number of nitrogen functional groups attached to an aromatic ring is 1. The van der Waals surface area contributed by atoms with E-state index >= 15 is 0 Å². The highest BCUT2D eigenvalue weighted by Crippen LogP contribution is 2.20. The van der Waals surface area contributed by atoms with Gasteiger partial charge in [0.1, 0.15) is 11.6 Å². The lowest BCUT2D eigenvalue weighted by Crippen LogP contribution is -2.24. The number of benzene rings is 1. The van der Waals surface area contributed by atoms with Crippen molar-refractivity contribution in [3.63, 3.8) is 0 Å². The van der Waals surface area contributed by atoms with Crippen LogP contribution < -0.4 is 10.5 Å². The van der Waals surface area contributed by atoms with Gasteiger partial charge in [0.2, 0.25) is 10.0 Å². The normalized spacial score (nSPS) is 11.6.